The third-order valence-electron chi connectivity index (χ3n) is 7.43. The molecule has 4 aromatic rings. The number of rotatable bonds is 9. The summed E-state index contributed by atoms with van der Waals surface area (Å²) in [5.74, 6) is 0.217. The van der Waals surface area contributed by atoms with Gasteiger partial charge in [0.25, 0.3) is 0 Å². The normalized spacial score (nSPS) is 18.1. The first-order chi connectivity index (χ1) is 19.5. The lowest BCUT2D eigenvalue weighted by atomic mass is 9.99. The van der Waals surface area contributed by atoms with Crippen molar-refractivity contribution in [1.82, 2.24) is 34.3 Å². The summed E-state index contributed by atoms with van der Waals surface area (Å²) in [6.45, 7) is 12.2. The third kappa shape index (κ3) is 6.52. The van der Waals surface area contributed by atoms with Crippen LogP contribution in [0, 0.1) is 18.6 Å². The molecule has 0 bridgehead atoms. The predicted octanol–water partition coefficient (Wildman–Crippen LogP) is 5.59. The van der Waals surface area contributed by atoms with E-state index in [0.717, 1.165) is 44.4 Å². The molecule has 9 nitrogen and oxygen atoms in total. The van der Waals surface area contributed by atoms with E-state index in [2.05, 4.69) is 56.1 Å². The molecule has 0 saturated carbocycles. The van der Waals surface area contributed by atoms with E-state index in [1.165, 1.54) is 6.07 Å². The number of pyridine rings is 1. The lowest BCUT2D eigenvalue weighted by molar-refractivity contribution is -0.106. The fourth-order valence-electron chi connectivity index (χ4n) is 5.42. The molecule has 5 rings (SSSR count). The second-order valence-electron chi connectivity index (χ2n) is 11.6. The van der Waals surface area contributed by atoms with Gasteiger partial charge < -0.3 is 19.5 Å². The lowest BCUT2D eigenvalue weighted by Gasteiger charge is -2.41. The van der Waals surface area contributed by atoms with E-state index in [-0.39, 0.29) is 30.2 Å². The van der Waals surface area contributed by atoms with Crippen LogP contribution >= 0.6 is 0 Å². The largest absolute Gasteiger partial charge is 0.373 e. The van der Waals surface area contributed by atoms with Crippen LogP contribution < -0.4 is 5.32 Å². The Balaban J connectivity index is 0.00000405. The first kappa shape index (κ1) is 29.0. The van der Waals surface area contributed by atoms with Gasteiger partial charge >= 0.3 is 0 Å². The number of benzene rings is 1. The van der Waals surface area contributed by atoms with Crippen molar-refractivity contribution in [3.63, 3.8) is 0 Å². The summed E-state index contributed by atoms with van der Waals surface area (Å²) in [5, 5.41) is 3.05. The highest BCUT2D eigenvalue weighted by molar-refractivity contribution is 5.83. The Morgan fingerprint density at radius 3 is 2.63 bits per heavy atom. The van der Waals surface area contributed by atoms with Crippen molar-refractivity contribution in [2.45, 2.75) is 52.3 Å². The maximum Gasteiger partial charge on any atom is 0.229 e. The van der Waals surface area contributed by atoms with Crippen molar-refractivity contribution < 1.29 is 14.9 Å². The van der Waals surface area contributed by atoms with Crippen molar-refractivity contribution in [2.75, 3.05) is 45.7 Å². The number of morpholine rings is 1. The number of hydrogen-bond acceptors (Lipinski definition) is 8. The Kier molecular flexibility index (Phi) is 8.30. The van der Waals surface area contributed by atoms with E-state index in [1.807, 2.05) is 43.7 Å². The maximum absolute atomic E-state index is 15.0. The third-order valence-corrected chi connectivity index (χ3v) is 7.43. The zero-order valence-corrected chi connectivity index (χ0v) is 24.6. The van der Waals surface area contributed by atoms with Crippen molar-refractivity contribution >= 4 is 22.8 Å². The number of anilines is 2. The molecule has 11 heteroatoms. The molecule has 1 fully saturated rings. The summed E-state index contributed by atoms with van der Waals surface area (Å²) >= 11 is 0. The summed E-state index contributed by atoms with van der Waals surface area (Å²) in [6.07, 6.45) is 3.87. The molecule has 1 aliphatic rings. The van der Waals surface area contributed by atoms with Crippen LogP contribution in [0.2, 0.25) is 0 Å². The molecular formula is C30H40F2N8O. The first-order valence-electron chi connectivity index (χ1n) is 14.0. The van der Waals surface area contributed by atoms with E-state index >= 15 is 4.39 Å². The molecule has 4 heterocycles. The number of nitrogens with zero attached hydrogens (tertiary/aromatic N) is 7. The molecule has 1 atom stereocenters. The van der Waals surface area contributed by atoms with Gasteiger partial charge in [0.15, 0.2) is 11.6 Å². The molecular weight excluding hydrogens is 526 g/mol. The first-order valence-corrected chi connectivity index (χ1v) is 14.0. The maximum atomic E-state index is 15.0. The number of imidazole rings is 1. The van der Waals surface area contributed by atoms with E-state index in [0.29, 0.717) is 29.3 Å². The van der Waals surface area contributed by atoms with Crippen molar-refractivity contribution in [3.8, 4) is 11.3 Å². The van der Waals surface area contributed by atoms with Crippen LogP contribution in [0.4, 0.5) is 20.5 Å². The van der Waals surface area contributed by atoms with E-state index in [4.69, 9.17) is 4.74 Å². The quantitative estimate of drug-likeness (QED) is 0.281. The minimum Gasteiger partial charge on any atom is -0.373 e. The van der Waals surface area contributed by atoms with Gasteiger partial charge in [0.05, 0.1) is 23.9 Å². The van der Waals surface area contributed by atoms with Gasteiger partial charge in [-0.1, -0.05) is 6.07 Å². The molecule has 1 N–H and O–H groups in total. The molecule has 0 radical (unpaired) electrons. The van der Waals surface area contributed by atoms with Gasteiger partial charge in [0.1, 0.15) is 22.9 Å². The minimum atomic E-state index is -0.645. The smallest absolute Gasteiger partial charge is 0.229 e. The van der Waals surface area contributed by atoms with Crippen LogP contribution in [0.15, 0.2) is 36.7 Å². The van der Waals surface area contributed by atoms with Gasteiger partial charge in [-0.05, 0) is 72.0 Å². The molecule has 41 heavy (non-hydrogen) atoms. The van der Waals surface area contributed by atoms with Crippen LogP contribution in [-0.2, 0) is 11.3 Å². The topological polar surface area (TPSA) is 84.2 Å². The number of nitrogens with one attached hydrogen (secondary N) is 1. The van der Waals surface area contributed by atoms with Crippen molar-refractivity contribution in [1.29, 1.82) is 0 Å². The summed E-state index contributed by atoms with van der Waals surface area (Å²) in [7, 11) is 4.15. The van der Waals surface area contributed by atoms with Gasteiger partial charge in [-0.25, -0.2) is 28.7 Å². The SMILES string of the molecule is Cc1nc2c(F)cc(-c3nc(Nc4ccc(CN5CCOC(C)(CCN(C)C)C5)cn4)ncc3F)cc2n1C(C)C.[HH]. The molecule has 1 saturated heterocycles. The van der Waals surface area contributed by atoms with Crippen LogP contribution in [0.25, 0.3) is 22.3 Å². The molecule has 1 unspecified atom stereocenters. The average Bonchev–Trinajstić information content (AvgIpc) is 3.26. The molecule has 1 aromatic carbocycles. The number of hydrogen-bond donors (Lipinski definition) is 1. The minimum absolute atomic E-state index is 0. The Hall–Kier alpha value is -3.54. The van der Waals surface area contributed by atoms with E-state index in [9.17, 15) is 4.39 Å². The van der Waals surface area contributed by atoms with Crippen LogP contribution in [0.5, 0.6) is 0 Å². The number of fused-ring (bicyclic) bond motifs is 1. The Bertz CT molecular complexity index is 1530. The lowest BCUT2D eigenvalue weighted by Crippen LogP contribution is -2.50. The second-order valence-corrected chi connectivity index (χ2v) is 11.6. The van der Waals surface area contributed by atoms with Crippen molar-refractivity contribution in [2.24, 2.45) is 0 Å². The molecule has 0 spiro atoms. The summed E-state index contributed by atoms with van der Waals surface area (Å²) in [4.78, 5) is 21.9. The Morgan fingerprint density at radius 1 is 1.12 bits per heavy atom. The highest BCUT2D eigenvalue weighted by Crippen LogP contribution is 2.30. The number of aryl methyl sites for hydroxylation is 1. The molecule has 1 aliphatic heterocycles. The highest BCUT2D eigenvalue weighted by Gasteiger charge is 2.31. The molecule has 3 aromatic heterocycles. The summed E-state index contributed by atoms with van der Waals surface area (Å²) in [6, 6.07) is 6.90. The number of ether oxygens (including phenoxy) is 1. The fourth-order valence-corrected chi connectivity index (χ4v) is 5.42. The molecule has 0 aliphatic carbocycles. The van der Waals surface area contributed by atoms with Gasteiger partial charge in [-0.3, -0.25) is 4.90 Å². The Labute approximate surface area is 241 Å². The predicted molar refractivity (Wildman–Crippen MR) is 158 cm³/mol. The Morgan fingerprint density at radius 2 is 1.93 bits per heavy atom. The molecule has 0 amide bonds. The van der Waals surface area contributed by atoms with E-state index in [1.54, 1.807) is 6.07 Å². The van der Waals surface area contributed by atoms with E-state index < -0.39 is 11.6 Å². The highest BCUT2D eigenvalue weighted by atomic mass is 19.1. The summed E-state index contributed by atoms with van der Waals surface area (Å²) < 4.78 is 37.9. The van der Waals surface area contributed by atoms with Gasteiger partial charge in [-0.15, -0.1) is 0 Å². The number of aromatic nitrogens is 5. The standard InChI is InChI=1S/C30H38F2N8O.H2/c1-19(2)40-20(3)35-28-23(31)13-22(14-25(28)40)27-24(32)16-34-29(37-27)36-26-8-7-21(15-33-26)17-39-11-12-41-30(4,18-39)9-10-38(5)6;/h7-8,13-16,19H,9-12,17-18H2,1-6H3,(H,33,34,36,37);1H. The van der Waals surface area contributed by atoms with Gasteiger partial charge in [0.2, 0.25) is 5.95 Å². The van der Waals surface area contributed by atoms with Crippen LogP contribution in [-0.4, -0.2) is 80.2 Å². The van der Waals surface area contributed by atoms with Gasteiger partial charge in [0, 0.05) is 45.4 Å². The zero-order valence-electron chi connectivity index (χ0n) is 24.6. The van der Waals surface area contributed by atoms with Crippen LogP contribution in [0.3, 0.4) is 0 Å². The van der Waals surface area contributed by atoms with Gasteiger partial charge in [-0.2, -0.15) is 0 Å². The zero-order chi connectivity index (χ0) is 29.3. The summed E-state index contributed by atoms with van der Waals surface area (Å²) in [5.41, 5.74) is 2.07. The monoisotopic (exact) mass is 566 g/mol. The fraction of sp³-hybridized carbons (Fsp3) is 0.467. The van der Waals surface area contributed by atoms with Crippen molar-refractivity contribution in [3.05, 3.63) is 59.7 Å². The second kappa shape index (κ2) is 11.8. The average molecular weight is 567 g/mol. The molecule has 220 valence electrons. The van der Waals surface area contributed by atoms with Crippen LogP contribution in [0.1, 0.15) is 46.0 Å². The number of halogens is 2.